The van der Waals surface area contributed by atoms with Crippen LogP contribution in [0, 0.1) is 0 Å². The fraction of sp³-hybridized carbons (Fsp3) is 0.462. The number of aldehydes is 1. The Labute approximate surface area is 108 Å². The third-order valence-corrected chi connectivity index (χ3v) is 3.39. The molecule has 0 saturated carbocycles. The lowest BCUT2D eigenvalue weighted by molar-refractivity contribution is -0.113. The number of piperidine rings is 1. The maximum Gasteiger partial charge on any atom is 0.130 e. The molecule has 17 heavy (non-hydrogen) atoms. The Balaban J connectivity index is 0.00000144. The van der Waals surface area contributed by atoms with E-state index in [-0.39, 0.29) is 17.8 Å². The normalized spacial score (nSPS) is 17.9. The molecule has 2 rings (SSSR count). The van der Waals surface area contributed by atoms with Crippen LogP contribution in [-0.2, 0) is 10.2 Å². The van der Waals surface area contributed by atoms with Gasteiger partial charge in [0, 0.05) is 0 Å². The Morgan fingerprint density at radius 2 is 1.82 bits per heavy atom. The predicted octanol–water partition coefficient (Wildman–Crippen LogP) is 1.94. The molecule has 1 N–H and O–H groups in total. The maximum atomic E-state index is 11.4. The molecule has 0 amide bonds. The lowest BCUT2D eigenvalue weighted by Crippen LogP contribution is -2.41. The van der Waals surface area contributed by atoms with Crippen LogP contribution < -0.4 is 10.1 Å². The van der Waals surface area contributed by atoms with Gasteiger partial charge in [-0.05, 0) is 43.6 Å². The van der Waals surface area contributed by atoms with Crippen LogP contribution in [0.2, 0.25) is 0 Å². The maximum absolute atomic E-state index is 11.4. The smallest absolute Gasteiger partial charge is 0.130 e. The van der Waals surface area contributed by atoms with Gasteiger partial charge in [-0.3, -0.25) is 0 Å². The average molecular weight is 256 g/mol. The summed E-state index contributed by atoms with van der Waals surface area (Å²) in [7, 11) is 1.65. The molecule has 0 aromatic heterocycles. The topological polar surface area (TPSA) is 38.3 Å². The summed E-state index contributed by atoms with van der Waals surface area (Å²) in [6, 6.07) is 7.84. The van der Waals surface area contributed by atoms with Crippen molar-refractivity contribution >= 4 is 18.7 Å². The molecule has 94 valence electrons. The van der Waals surface area contributed by atoms with E-state index in [2.05, 4.69) is 5.32 Å². The van der Waals surface area contributed by atoms with E-state index in [9.17, 15) is 4.79 Å². The van der Waals surface area contributed by atoms with E-state index in [0.29, 0.717) is 0 Å². The summed E-state index contributed by atoms with van der Waals surface area (Å²) in [6.45, 7) is 1.82. The standard InChI is InChI=1S/C13H17NO2.ClH/c1-16-12-4-2-11(3-5-12)13(10-15)6-8-14-9-7-13;/h2-5,10,14H,6-9H2,1H3;1H. The van der Waals surface area contributed by atoms with Gasteiger partial charge in [0.25, 0.3) is 0 Å². The van der Waals surface area contributed by atoms with Crippen molar-refractivity contribution in [2.75, 3.05) is 20.2 Å². The highest BCUT2D eigenvalue weighted by atomic mass is 35.5. The fourth-order valence-electron chi connectivity index (χ4n) is 2.27. The van der Waals surface area contributed by atoms with Crippen molar-refractivity contribution in [2.45, 2.75) is 18.3 Å². The van der Waals surface area contributed by atoms with Gasteiger partial charge in [-0.1, -0.05) is 12.1 Å². The number of halogens is 1. The first kappa shape index (κ1) is 14.0. The molecular formula is C13H18ClNO2. The summed E-state index contributed by atoms with van der Waals surface area (Å²) in [5, 5.41) is 3.28. The SMILES string of the molecule is COc1ccc(C2(C=O)CCNCC2)cc1.Cl. The number of hydrogen-bond donors (Lipinski definition) is 1. The lowest BCUT2D eigenvalue weighted by Gasteiger charge is -2.33. The van der Waals surface area contributed by atoms with E-state index in [0.717, 1.165) is 43.5 Å². The highest BCUT2D eigenvalue weighted by molar-refractivity contribution is 5.85. The second-order valence-corrected chi connectivity index (χ2v) is 4.25. The molecule has 0 aliphatic carbocycles. The molecule has 1 fully saturated rings. The van der Waals surface area contributed by atoms with Gasteiger partial charge in [-0.2, -0.15) is 0 Å². The van der Waals surface area contributed by atoms with Crippen molar-refractivity contribution in [1.82, 2.24) is 5.32 Å². The Kier molecular flexibility index (Phi) is 4.97. The minimum Gasteiger partial charge on any atom is -0.497 e. The van der Waals surface area contributed by atoms with Crippen LogP contribution >= 0.6 is 12.4 Å². The van der Waals surface area contributed by atoms with Crippen LogP contribution in [0.15, 0.2) is 24.3 Å². The summed E-state index contributed by atoms with van der Waals surface area (Å²) in [6.07, 6.45) is 2.86. The highest BCUT2D eigenvalue weighted by Crippen LogP contribution is 2.32. The van der Waals surface area contributed by atoms with Gasteiger partial charge in [0.15, 0.2) is 0 Å². The van der Waals surface area contributed by atoms with Gasteiger partial charge in [-0.15, -0.1) is 12.4 Å². The van der Waals surface area contributed by atoms with Crippen LogP contribution in [0.1, 0.15) is 18.4 Å². The van der Waals surface area contributed by atoms with Crippen molar-refractivity contribution in [3.63, 3.8) is 0 Å². The van der Waals surface area contributed by atoms with Crippen LogP contribution in [0.4, 0.5) is 0 Å². The zero-order chi connectivity index (χ0) is 11.4. The summed E-state index contributed by atoms with van der Waals surface area (Å²) in [5.74, 6) is 0.832. The van der Waals surface area contributed by atoms with Crippen molar-refractivity contribution < 1.29 is 9.53 Å². The van der Waals surface area contributed by atoms with Gasteiger partial charge in [0.1, 0.15) is 12.0 Å². The van der Waals surface area contributed by atoms with Crippen LogP contribution in [0.3, 0.4) is 0 Å². The molecule has 0 unspecified atom stereocenters. The monoisotopic (exact) mass is 255 g/mol. The lowest BCUT2D eigenvalue weighted by atomic mass is 9.74. The fourth-order valence-corrected chi connectivity index (χ4v) is 2.27. The third kappa shape index (κ3) is 2.79. The molecule has 1 aliphatic heterocycles. The van der Waals surface area contributed by atoms with Crippen LogP contribution in [0.5, 0.6) is 5.75 Å². The number of rotatable bonds is 3. The number of ether oxygens (including phenoxy) is 1. The Morgan fingerprint density at radius 1 is 1.24 bits per heavy atom. The van der Waals surface area contributed by atoms with Crippen molar-refractivity contribution in [3.05, 3.63) is 29.8 Å². The summed E-state index contributed by atoms with van der Waals surface area (Å²) in [5.41, 5.74) is 0.808. The van der Waals surface area contributed by atoms with Crippen molar-refractivity contribution in [2.24, 2.45) is 0 Å². The van der Waals surface area contributed by atoms with E-state index in [1.807, 2.05) is 24.3 Å². The molecule has 1 aromatic carbocycles. The van der Waals surface area contributed by atoms with Gasteiger partial charge in [0.2, 0.25) is 0 Å². The van der Waals surface area contributed by atoms with Gasteiger partial charge < -0.3 is 14.8 Å². The molecule has 1 heterocycles. The first-order valence-electron chi connectivity index (χ1n) is 5.62. The molecule has 1 aromatic rings. The Hall–Kier alpha value is -1.06. The highest BCUT2D eigenvalue weighted by Gasteiger charge is 2.33. The molecule has 0 radical (unpaired) electrons. The third-order valence-electron chi connectivity index (χ3n) is 3.39. The zero-order valence-electron chi connectivity index (χ0n) is 9.94. The van der Waals surface area contributed by atoms with E-state index < -0.39 is 0 Å². The molecule has 0 atom stereocenters. The number of hydrogen-bond acceptors (Lipinski definition) is 3. The van der Waals surface area contributed by atoms with Crippen LogP contribution in [-0.4, -0.2) is 26.5 Å². The Morgan fingerprint density at radius 3 is 2.29 bits per heavy atom. The number of nitrogens with one attached hydrogen (secondary N) is 1. The molecule has 1 saturated heterocycles. The zero-order valence-corrected chi connectivity index (χ0v) is 10.8. The van der Waals surface area contributed by atoms with Crippen molar-refractivity contribution in [3.8, 4) is 5.75 Å². The van der Waals surface area contributed by atoms with E-state index in [1.165, 1.54) is 0 Å². The summed E-state index contributed by atoms with van der Waals surface area (Å²) >= 11 is 0. The second kappa shape index (κ2) is 6.03. The van der Waals surface area contributed by atoms with Gasteiger partial charge >= 0.3 is 0 Å². The number of carbonyl (C=O) groups is 1. The van der Waals surface area contributed by atoms with E-state index in [4.69, 9.17) is 4.74 Å². The quantitative estimate of drug-likeness (QED) is 0.839. The number of carbonyl (C=O) groups excluding carboxylic acids is 1. The van der Waals surface area contributed by atoms with E-state index >= 15 is 0 Å². The molecule has 0 bridgehead atoms. The minimum absolute atomic E-state index is 0. The molecule has 0 spiro atoms. The average Bonchev–Trinajstić information content (AvgIpc) is 2.39. The largest absolute Gasteiger partial charge is 0.497 e. The molecule has 4 heteroatoms. The first-order chi connectivity index (χ1) is 7.80. The van der Waals surface area contributed by atoms with Gasteiger partial charge in [-0.25, -0.2) is 0 Å². The first-order valence-corrected chi connectivity index (χ1v) is 5.62. The van der Waals surface area contributed by atoms with Gasteiger partial charge in [0.05, 0.1) is 12.5 Å². The minimum atomic E-state index is -0.294. The Bertz CT molecular complexity index is 358. The number of benzene rings is 1. The predicted molar refractivity (Wildman–Crippen MR) is 70.1 cm³/mol. The molecule has 1 aliphatic rings. The second-order valence-electron chi connectivity index (χ2n) is 4.25. The number of methoxy groups -OCH3 is 1. The summed E-state index contributed by atoms with van der Waals surface area (Å²) in [4.78, 5) is 11.4. The van der Waals surface area contributed by atoms with Crippen LogP contribution in [0.25, 0.3) is 0 Å². The van der Waals surface area contributed by atoms with E-state index in [1.54, 1.807) is 7.11 Å². The summed E-state index contributed by atoms with van der Waals surface area (Å²) < 4.78 is 5.12. The van der Waals surface area contributed by atoms with Crippen molar-refractivity contribution in [1.29, 1.82) is 0 Å². The molecular weight excluding hydrogens is 238 g/mol. The molecule has 3 nitrogen and oxygen atoms in total.